The Bertz CT molecular complexity index is 642. The summed E-state index contributed by atoms with van der Waals surface area (Å²) in [5, 5.41) is 0. The van der Waals surface area contributed by atoms with Gasteiger partial charge in [-0.3, -0.25) is 4.79 Å². The molecule has 0 saturated heterocycles. The van der Waals surface area contributed by atoms with Crippen LogP contribution < -0.4 is 0 Å². The van der Waals surface area contributed by atoms with Gasteiger partial charge in [0.05, 0.1) is 0 Å². The Morgan fingerprint density at radius 2 is 1.67 bits per heavy atom. The molecule has 106 valence electrons. The van der Waals surface area contributed by atoms with Gasteiger partial charge >= 0.3 is 5.97 Å². The van der Waals surface area contributed by atoms with Crippen molar-refractivity contribution < 1.29 is 14.3 Å². The van der Waals surface area contributed by atoms with Crippen LogP contribution in [-0.4, -0.2) is 11.8 Å². The highest BCUT2D eigenvalue weighted by molar-refractivity contribution is 6.40. The summed E-state index contributed by atoms with van der Waals surface area (Å²) in [5.41, 5.74) is 2.05. The van der Waals surface area contributed by atoms with Crippen molar-refractivity contribution in [1.82, 2.24) is 0 Å². The third-order valence-corrected chi connectivity index (χ3v) is 3.15. The van der Waals surface area contributed by atoms with E-state index in [9.17, 15) is 9.59 Å². The standard InChI is InChI=1S/C18H16O3/c1-3-14-9-11-16(12-10-14)17(19)18(20)21-13(2)15-7-5-4-6-8-15/h3-13H,1H2,2H3. The molecule has 21 heavy (non-hydrogen) atoms. The van der Waals surface area contributed by atoms with Gasteiger partial charge in [-0.2, -0.15) is 0 Å². The van der Waals surface area contributed by atoms with Gasteiger partial charge in [-0.25, -0.2) is 4.79 Å². The number of ether oxygens (including phenoxy) is 1. The van der Waals surface area contributed by atoms with Crippen LogP contribution >= 0.6 is 0 Å². The Morgan fingerprint density at radius 1 is 1.05 bits per heavy atom. The lowest BCUT2D eigenvalue weighted by Gasteiger charge is -2.12. The minimum absolute atomic E-state index is 0.311. The fourth-order valence-corrected chi connectivity index (χ4v) is 1.89. The minimum Gasteiger partial charge on any atom is -0.452 e. The third-order valence-electron chi connectivity index (χ3n) is 3.15. The van der Waals surface area contributed by atoms with Crippen LogP contribution in [0.2, 0.25) is 0 Å². The van der Waals surface area contributed by atoms with Gasteiger partial charge in [0.1, 0.15) is 6.10 Å². The van der Waals surface area contributed by atoms with E-state index in [1.165, 1.54) is 0 Å². The molecule has 0 spiro atoms. The fraction of sp³-hybridized carbons (Fsp3) is 0.111. The quantitative estimate of drug-likeness (QED) is 0.475. The summed E-state index contributed by atoms with van der Waals surface area (Å²) in [7, 11) is 0. The molecule has 0 fully saturated rings. The van der Waals surface area contributed by atoms with Gasteiger partial charge in [0.25, 0.3) is 5.78 Å². The number of ketones is 1. The van der Waals surface area contributed by atoms with E-state index in [1.807, 2.05) is 30.3 Å². The second-order valence-electron chi connectivity index (χ2n) is 4.61. The summed E-state index contributed by atoms with van der Waals surface area (Å²) in [6.07, 6.45) is 1.21. The molecule has 2 aromatic rings. The predicted molar refractivity (Wildman–Crippen MR) is 81.8 cm³/mol. The summed E-state index contributed by atoms with van der Waals surface area (Å²) >= 11 is 0. The van der Waals surface area contributed by atoms with Gasteiger partial charge in [-0.15, -0.1) is 0 Å². The van der Waals surface area contributed by atoms with Crippen LogP contribution in [0.5, 0.6) is 0 Å². The molecule has 0 heterocycles. The Morgan fingerprint density at radius 3 is 2.24 bits per heavy atom. The van der Waals surface area contributed by atoms with E-state index in [2.05, 4.69) is 6.58 Å². The number of rotatable bonds is 5. The van der Waals surface area contributed by atoms with Crippen molar-refractivity contribution in [2.45, 2.75) is 13.0 Å². The molecule has 3 nitrogen and oxygen atoms in total. The molecule has 0 aliphatic rings. The lowest BCUT2D eigenvalue weighted by atomic mass is 10.1. The molecule has 0 N–H and O–H groups in total. The number of benzene rings is 2. The van der Waals surface area contributed by atoms with Crippen LogP contribution in [0.15, 0.2) is 61.2 Å². The molecule has 0 aliphatic heterocycles. The minimum atomic E-state index is -0.849. The molecule has 0 aliphatic carbocycles. The SMILES string of the molecule is C=Cc1ccc(C(=O)C(=O)OC(C)c2ccccc2)cc1. The van der Waals surface area contributed by atoms with Crippen LogP contribution in [0, 0.1) is 0 Å². The molecule has 3 heteroatoms. The van der Waals surface area contributed by atoms with E-state index in [0.29, 0.717) is 5.56 Å². The first-order valence-corrected chi connectivity index (χ1v) is 6.64. The molecular weight excluding hydrogens is 264 g/mol. The van der Waals surface area contributed by atoms with Crippen molar-refractivity contribution in [2.75, 3.05) is 0 Å². The summed E-state index contributed by atoms with van der Waals surface area (Å²) < 4.78 is 5.20. The maximum Gasteiger partial charge on any atom is 0.380 e. The summed E-state index contributed by atoms with van der Waals surface area (Å²) in [6.45, 7) is 5.37. The smallest absolute Gasteiger partial charge is 0.380 e. The predicted octanol–water partition coefficient (Wildman–Crippen LogP) is 3.82. The van der Waals surface area contributed by atoms with Crippen LogP contribution in [0.3, 0.4) is 0 Å². The molecule has 0 saturated carbocycles. The van der Waals surface area contributed by atoms with Crippen molar-refractivity contribution in [3.63, 3.8) is 0 Å². The first-order chi connectivity index (χ1) is 10.1. The number of carbonyl (C=O) groups excluding carboxylic acids is 2. The zero-order chi connectivity index (χ0) is 15.2. The van der Waals surface area contributed by atoms with E-state index >= 15 is 0 Å². The summed E-state index contributed by atoms with van der Waals surface area (Å²) in [4.78, 5) is 23.9. The fourth-order valence-electron chi connectivity index (χ4n) is 1.89. The first-order valence-electron chi connectivity index (χ1n) is 6.64. The molecule has 1 atom stereocenters. The van der Waals surface area contributed by atoms with Crippen LogP contribution in [0.25, 0.3) is 6.08 Å². The van der Waals surface area contributed by atoms with Crippen molar-refractivity contribution in [1.29, 1.82) is 0 Å². The normalized spacial score (nSPS) is 11.5. The maximum atomic E-state index is 12.0. The Labute approximate surface area is 123 Å². The van der Waals surface area contributed by atoms with Gasteiger partial charge in [-0.05, 0) is 18.1 Å². The Balaban J connectivity index is 2.05. The molecule has 1 unspecified atom stereocenters. The van der Waals surface area contributed by atoms with Crippen LogP contribution in [0.1, 0.15) is 34.5 Å². The largest absolute Gasteiger partial charge is 0.452 e. The lowest BCUT2D eigenvalue weighted by Crippen LogP contribution is -2.19. The Kier molecular flexibility index (Phi) is 4.67. The molecule has 0 amide bonds. The molecular formula is C18H16O3. The topological polar surface area (TPSA) is 43.4 Å². The number of hydrogen-bond donors (Lipinski definition) is 0. The summed E-state index contributed by atoms with van der Waals surface area (Å²) in [6, 6.07) is 15.9. The third kappa shape index (κ3) is 3.66. The van der Waals surface area contributed by atoms with Gasteiger partial charge in [0.2, 0.25) is 0 Å². The molecule has 0 radical (unpaired) electrons. The number of Topliss-reactive ketones (excluding diaryl/α,β-unsaturated/α-hetero) is 1. The van der Waals surface area contributed by atoms with Crippen LogP contribution in [0.4, 0.5) is 0 Å². The zero-order valence-electron chi connectivity index (χ0n) is 11.8. The van der Waals surface area contributed by atoms with Gasteiger partial charge < -0.3 is 4.74 Å². The highest BCUT2D eigenvalue weighted by Crippen LogP contribution is 2.17. The highest BCUT2D eigenvalue weighted by atomic mass is 16.5. The average Bonchev–Trinajstić information content (AvgIpc) is 2.55. The number of hydrogen-bond acceptors (Lipinski definition) is 3. The number of esters is 1. The van der Waals surface area contributed by atoms with E-state index in [4.69, 9.17) is 4.74 Å². The van der Waals surface area contributed by atoms with Crippen LogP contribution in [-0.2, 0) is 9.53 Å². The van der Waals surface area contributed by atoms with Crippen molar-refractivity contribution >= 4 is 17.8 Å². The molecule has 0 bridgehead atoms. The van der Waals surface area contributed by atoms with E-state index in [1.54, 1.807) is 37.3 Å². The second kappa shape index (κ2) is 6.66. The molecule has 0 aromatic heterocycles. The van der Waals surface area contributed by atoms with Gasteiger partial charge in [0, 0.05) is 5.56 Å². The highest BCUT2D eigenvalue weighted by Gasteiger charge is 2.20. The lowest BCUT2D eigenvalue weighted by molar-refractivity contribution is -0.142. The molecule has 2 aromatic carbocycles. The maximum absolute atomic E-state index is 12.0. The molecule has 2 rings (SSSR count). The van der Waals surface area contributed by atoms with E-state index in [-0.39, 0.29) is 0 Å². The second-order valence-corrected chi connectivity index (χ2v) is 4.61. The van der Waals surface area contributed by atoms with Crippen molar-refractivity contribution in [3.8, 4) is 0 Å². The monoisotopic (exact) mass is 280 g/mol. The Hall–Kier alpha value is -2.68. The van der Waals surface area contributed by atoms with Crippen molar-refractivity contribution in [3.05, 3.63) is 77.9 Å². The first kappa shape index (κ1) is 14.7. The summed E-state index contributed by atoms with van der Waals surface area (Å²) in [5.74, 6) is -1.49. The van der Waals surface area contributed by atoms with E-state index in [0.717, 1.165) is 11.1 Å². The van der Waals surface area contributed by atoms with Gasteiger partial charge in [-0.1, -0.05) is 67.3 Å². The zero-order valence-corrected chi connectivity index (χ0v) is 11.8. The van der Waals surface area contributed by atoms with E-state index < -0.39 is 17.9 Å². The average molecular weight is 280 g/mol. The van der Waals surface area contributed by atoms with Gasteiger partial charge in [0.15, 0.2) is 0 Å². The van der Waals surface area contributed by atoms with Crippen molar-refractivity contribution in [2.24, 2.45) is 0 Å². The number of carbonyl (C=O) groups is 2.